The number of nitrogens with one attached hydrogen (secondary N) is 1. The molecular weight excluding hydrogens is 261 g/mol. The first kappa shape index (κ1) is 13.4. The highest BCUT2D eigenvalue weighted by molar-refractivity contribution is 5.68. The number of hydrogen-bond donors (Lipinski definition) is 1. The molecule has 0 aromatic heterocycles. The molecule has 1 N–H and O–H groups in total. The van der Waals surface area contributed by atoms with Gasteiger partial charge >= 0.3 is 0 Å². The van der Waals surface area contributed by atoms with Crippen molar-refractivity contribution < 1.29 is 4.39 Å². The summed E-state index contributed by atoms with van der Waals surface area (Å²) in [5.74, 6) is -0.227. The largest absolute Gasteiger partial charge is 0.356 e. The third-order valence-corrected chi connectivity index (χ3v) is 3.40. The quantitative estimate of drug-likeness (QED) is 0.662. The van der Waals surface area contributed by atoms with E-state index in [0.717, 1.165) is 11.4 Å². The van der Waals surface area contributed by atoms with Gasteiger partial charge in [-0.15, -0.1) is 0 Å². The number of halogens is 1. The fourth-order valence-electron chi connectivity index (χ4n) is 2.19. The highest BCUT2D eigenvalue weighted by atomic mass is 19.1. The summed E-state index contributed by atoms with van der Waals surface area (Å²) < 4.78 is 12.9. The van der Waals surface area contributed by atoms with E-state index in [1.54, 1.807) is 12.1 Å². The third-order valence-electron chi connectivity index (χ3n) is 3.40. The Hall–Kier alpha value is -2.61. The molecule has 0 bridgehead atoms. The Morgan fingerprint density at radius 1 is 0.619 bits per heavy atom. The summed E-state index contributed by atoms with van der Waals surface area (Å²) in [6.07, 6.45) is 0. The zero-order valence-corrected chi connectivity index (χ0v) is 11.8. The zero-order chi connectivity index (χ0) is 14.7. The first-order chi connectivity index (χ1) is 10.2. The van der Waals surface area contributed by atoms with Gasteiger partial charge in [-0.05, 0) is 54.4 Å². The van der Waals surface area contributed by atoms with Crippen molar-refractivity contribution in [2.75, 3.05) is 5.32 Å². The average Bonchev–Trinajstić information content (AvgIpc) is 2.51. The summed E-state index contributed by atoms with van der Waals surface area (Å²) in [4.78, 5) is 0. The van der Waals surface area contributed by atoms with Crippen LogP contribution in [0.4, 0.5) is 15.8 Å². The van der Waals surface area contributed by atoms with E-state index in [0.29, 0.717) is 0 Å². The number of anilines is 2. The number of rotatable bonds is 3. The first-order valence-corrected chi connectivity index (χ1v) is 6.90. The van der Waals surface area contributed by atoms with Crippen LogP contribution in [0, 0.1) is 12.7 Å². The summed E-state index contributed by atoms with van der Waals surface area (Å²) in [6.45, 7) is 2.08. The fourth-order valence-corrected chi connectivity index (χ4v) is 2.19. The minimum atomic E-state index is -0.227. The Morgan fingerprint density at radius 2 is 1.05 bits per heavy atom. The molecule has 0 radical (unpaired) electrons. The van der Waals surface area contributed by atoms with Crippen molar-refractivity contribution in [1.82, 2.24) is 0 Å². The van der Waals surface area contributed by atoms with Crippen LogP contribution in [-0.4, -0.2) is 0 Å². The van der Waals surface area contributed by atoms with Crippen LogP contribution in [-0.2, 0) is 0 Å². The Labute approximate surface area is 124 Å². The van der Waals surface area contributed by atoms with E-state index < -0.39 is 0 Å². The molecule has 3 aromatic carbocycles. The lowest BCUT2D eigenvalue weighted by molar-refractivity contribution is 0.628. The Morgan fingerprint density at radius 3 is 1.57 bits per heavy atom. The molecule has 0 amide bonds. The van der Waals surface area contributed by atoms with Gasteiger partial charge in [-0.1, -0.05) is 42.0 Å². The summed E-state index contributed by atoms with van der Waals surface area (Å²) in [6, 6.07) is 23.0. The molecule has 1 nitrogen and oxygen atoms in total. The molecule has 0 saturated carbocycles. The van der Waals surface area contributed by atoms with Crippen LogP contribution in [0.1, 0.15) is 5.56 Å². The fraction of sp³-hybridized carbons (Fsp3) is 0.0526. The monoisotopic (exact) mass is 277 g/mol. The molecule has 0 unspecified atom stereocenters. The van der Waals surface area contributed by atoms with E-state index in [1.807, 2.05) is 12.1 Å². The van der Waals surface area contributed by atoms with Crippen molar-refractivity contribution >= 4 is 11.4 Å². The molecule has 0 fully saturated rings. The van der Waals surface area contributed by atoms with Crippen LogP contribution in [0.3, 0.4) is 0 Å². The minimum absolute atomic E-state index is 0.227. The van der Waals surface area contributed by atoms with Gasteiger partial charge < -0.3 is 5.32 Å². The molecule has 0 aliphatic heterocycles. The molecule has 104 valence electrons. The van der Waals surface area contributed by atoms with Crippen molar-refractivity contribution in [3.05, 3.63) is 84.2 Å². The minimum Gasteiger partial charge on any atom is -0.356 e. The van der Waals surface area contributed by atoms with E-state index in [2.05, 4.69) is 48.6 Å². The van der Waals surface area contributed by atoms with Gasteiger partial charge in [0.1, 0.15) is 5.82 Å². The van der Waals surface area contributed by atoms with Crippen LogP contribution in [0.25, 0.3) is 11.1 Å². The maximum absolute atomic E-state index is 12.9. The Bertz CT molecular complexity index is 713. The smallest absolute Gasteiger partial charge is 0.123 e. The number of benzene rings is 3. The molecular formula is C19H16FN. The standard InChI is InChI=1S/C19H16FN/c1-14-2-4-15(5-3-14)16-6-10-18(11-7-16)21-19-12-8-17(20)9-13-19/h2-13,21H,1H3. The van der Waals surface area contributed by atoms with Crippen LogP contribution >= 0.6 is 0 Å². The van der Waals surface area contributed by atoms with Gasteiger partial charge in [-0.2, -0.15) is 0 Å². The maximum atomic E-state index is 12.9. The van der Waals surface area contributed by atoms with Crippen molar-refractivity contribution in [3.63, 3.8) is 0 Å². The van der Waals surface area contributed by atoms with Gasteiger partial charge in [0, 0.05) is 11.4 Å². The predicted molar refractivity (Wildman–Crippen MR) is 86.3 cm³/mol. The van der Waals surface area contributed by atoms with E-state index in [9.17, 15) is 4.39 Å². The molecule has 0 saturated heterocycles. The van der Waals surface area contributed by atoms with Gasteiger partial charge in [0.2, 0.25) is 0 Å². The molecule has 0 heterocycles. The van der Waals surface area contributed by atoms with E-state index >= 15 is 0 Å². The lowest BCUT2D eigenvalue weighted by atomic mass is 10.0. The van der Waals surface area contributed by atoms with Crippen LogP contribution in [0.15, 0.2) is 72.8 Å². The maximum Gasteiger partial charge on any atom is 0.123 e. The molecule has 0 spiro atoms. The Kier molecular flexibility index (Phi) is 3.69. The van der Waals surface area contributed by atoms with Gasteiger partial charge in [0.25, 0.3) is 0 Å². The molecule has 0 aliphatic carbocycles. The van der Waals surface area contributed by atoms with Gasteiger partial charge in [-0.25, -0.2) is 4.39 Å². The molecule has 3 rings (SSSR count). The normalized spacial score (nSPS) is 10.4. The highest BCUT2D eigenvalue weighted by Crippen LogP contribution is 2.23. The lowest BCUT2D eigenvalue weighted by Gasteiger charge is -2.08. The van der Waals surface area contributed by atoms with E-state index in [1.165, 1.54) is 28.8 Å². The zero-order valence-electron chi connectivity index (χ0n) is 11.8. The molecule has 21 heavy (non-hydrogen) atoms. The van der Waals surface area contributed by atoms with Gasteiger partial charge in [-0.3, -0.25) is 0 Å². The van der Waals surface area contributed by atoms with Gasteiger partial charge in [0.15, 0.2) is 0 Å². The van der Waals surface area contributed by atoms with E-state index in [4.69, 9.17) is 0 Å². The summed E-state index contributed by atoms with van der Waals surface area (Å²) >= 11 is 0. The second kappa shape index (κ2) is 5.80. The molecule has 2 heteroatoms. The van der Waals surface area contributed by atoms with Crippen LogP contribution in [0.5, 0.6) is 0 Å². The van der Waals surface area contributed by atoms with Crippen molar-refractivity contribution in [1.29, 1.82) is 0 Å². The molecule has 0 atom stereocenters. The average molecular weight is 277 g/mol. The van der Waals surface area contributed by atoms with E-state index in [-0.39, 0.29) is 5.82 Å². The van der Waals surface area contributed by atoms with Crippen LogP contribution < -0.4 is 5.32 Å². The third kappa shape index (κ3) is 3.29. The second-order valence-electron chi connectivity index (χ2n) is 5.08. The SMILES string of the molecule is Cc1ccc(-c2ccc(Nc3ccc(F)cc3)cc2)cc1. The highest BCUT2D eigenvalue weighted by Gasteiger charge is 1.99. The van der Waals surface area contributed by atoms with Crippen molar-refractivity contribution in [3.8, 4) is 11.1 Å². The van der Waals surface area contributed by atoms with Crippen molar-refractivity contribution in [2.45, 2.75) is 6.92 Å². The predicted octanol–water partition coefficient (Wildman–Crippen LogP) is 5.54. The van der Waals surface area contributed by atoms with Crippen molar-refractivity contribution in [2.24, 2.45) is 0 Å². The molecule has 0 aliphatic rings. The number of hydrogen-bond acceptors (Lipinski definition) is 1. The molecule has 3 aromatic rings. The lowest BCUT2D eigenvalue weighted by Crippen LogP contribution is -1.90. The topological polar surface area (TPSA) is 12.0 Å². The second-order valence-corrected chi connectivity index (χ2v) is 5.08. The summed E-state index contributed by atoms with van der Waals surface area (Å²) in [7, 11) is 0. The first-order valence-electron chi connectivity index (χ1n) is 6.90. The van der Waals surface area contributed by atoms with Gasteiger partial charge in [0.05, 0.1) is 0 Å². The Balaban J connectivity index is 1.77. The summed E-state index contributed by atoms with van der Waals surface area (Å²) in [5, 5.41) is 3.25. The summed E-state index contributed by atoms with van der Waals surface area (Å²) in [5.41, 5.74) is 5.50. The van der Waals surface area contributed by atoms with Crippen LogP contribution in [0.2, 0.25) is 0 Å². The number of aryl methyl sites for hydroxylation is 1.